The highest BCUT2D eigenvalue weighted by Gasteiger charge is 2.16. The summed E-state index contributed by atoms with van der Waals surface area (Å²) in [6.45, 7) is 0.192. The second kappa shape index (κ2) is 7.36. The molecule has 0 atom stereocenters. The standard InChI is InChI=1S/C16H19N3O3S/c1-19(2)18-16(20)14-9-6-10-15(11-14)23(21,22)17-12-13-7-4-3-5-8-13/h3-11,17H,12H2,1-2H3,(H,18,20). The Hall–Kier alpha value is -2.22. The van der Waals surface area contributed by atoms with Crippen LogP contribution in [0.15, 0.2) is 59.5 Å². The van der Waals surface area contributed by atoms with E-state index < -0.39 is 10.0 Å². The van der Waals surface area contributed by atoms with Crippen molar-refractivity contribution in [3.63, 3.8) is 0 Å². The smallest absolute Gasteiger partial charge is 0.265 e. The van der Waals surface area contributed by atoms with Gasteiger partial charge in [-0.1, -0.05) is 36.4 Å². The SMILES string of the molecule is CN(C)NC(=O)c1cccc(S(=O)(=O)NCc2ccccc2)c1. The first kappa shape index (κ1) is 17.1. The third kappa shape index (κ3) is 4.88. The quantitative estimate of drug-likeness (QED) is 0.783. The van der Waals surface area contributed by atoms with Gasteiger partial charge in [-0.3, -0.25) is 10.2 Å². The maximum Gasteiger partial charge on any atom is 0.265 e. The second-order valence-electron chi connectivity index (χ2n) is 5.17. The van der Waals surface area contributed by atoms with Crippen LogP contribution in [0.1, 0.15) is 15.9 Å². The number of sulfonamides is 1. The molecule has 1 amide bonds. The van der Waals surface area contributed by atoms with E-state index in [-0.39, 0.29) is 22.9 Å². The van der Waals surface area contributed by atoms with Gasteiger partial charge in [-0.2, -0.15) is 0 Å². The summed E-state index contributed by atoms with van der Waals surface area (Å²) in [6.07, 6.45) is 0. The van der Waals surface area contributed by atoms with Gasteiger partial charge in [0.25, 0.3) is 5.91 Å². The van der Waals surface area contributed by atoms with Crippen molar-refractivity contribution in [3.8, 4) is 0 Å². The van der Waals surface area contributed by atoms with Gasteiger partial charge in [0.2, 0.25) is 10.0 Å². The minimum atomic E-state index is -3.69. The number of rotatable bonds is 6. The third-order valence-electron chi connectivity index (χ3n) is 3.04. The molecule has 2 aromatic rings. The lowest BCUT2D eigenvalue weighted by Gasteiger charge is -2.12. The molecular formula is C16H19N3O3S. The molecule has 0 radical (unpaired) electrons. The minimum Gasteiger partial charge on any atom is -0.285 e. The molecule has 0 heterocycles. The summed E-state index contributed by atoms with van der Waals surface area (Å²) >= 11 is 0. The monoisotopic (exact) mass is 333 g/mol. The average molecular weight is 333 g/mol. The number of hydrogen-bond donors (Lipinski definition) is 2. The van der Waals surface area contributed by atoms with E-state index in [0.717, 1.165) is 5.56 Å². The Balaban J connectivity index is 2.15. The predicted octanol–water partition coefficient (Wildman–Crippen LogP) is 1.37. The molecule has 2 rings (SSSR count). The predicted molar refractivity (Wildman–Crippen MR) is 88.1 cm³/mol. The number of nitrogens with zero attached hydrogens (tertiary/aromatic N) is 1. The summed E-state index contributed by atoms with van der Waals surface area (Å²) in [4.78, 5) is 12.0. The normalized spacial score (nSPS) is 11.4. The van der Waals surface area contributed by atoms with Gasteiger partial charge in [0.1, 0.15) is 0 Å². The van der Waals surface area contributed by atoms with Crippen molar-refractivity contribution in [1.82, 2.24) is 15.2 Å². The molecule has 0 bridgehead atoms. The summed E-state index contributed by atoms with van der Waals surface area (Å²) in [5.41, 5.74) is 3.71. The fourth-order valence-electron chi connectivity index (χ4n) is 1.93. The van der Waals surface area contributed by atoms with Gasteiger partial charge in [-0.05, 0) is 23.8 Å². The maximum absolute atomic E-state index is 12.3. The minimum absolute atomic E-state index is 0.0554. The first-order chi connectivity index (χ1) is 10.9. The lowest BCUT2D eigenvalue weighted by atomic mass is 10.2. The fraction of sp³-hybridized carbons (Fsp3) is 0.188. The van der Waals surface area contributed by atoms with Gasteiger partial charge in [-0.15, -0.1) is 0 Å². The summed E-state index contributed by atoms with van der Waals surface area (Å²) in [6, 6.07) is 15.1. The molecule has 2 N–H and O–H groups in total. The molecule has 23 heavy (non-hydrogen) atoms. The van der Waals surface area contributed by atoms with E-state index in [1.807, 2.05) is 30.3 Å². The van der Waals surface area contributed by atoms with Gasteiger partial charge in [0, 0.05) is 26.2 Å². The van der Waals surface area contributed by atoms with Gasteiger partial charge in [0.05, 0.1) is 4.90 Å². The van der Waals surface area contributed by atoms with Crippen molar-refractivity contribution in [2.75, 3.05) is 14.1 Å². The van der Waals surface area contributed by atoms with Crippen LogP contribution in [-0.2, 0) is 16.6 Å². The third-order valence-corrected chi connectivity index (χ3v) is 4.44. The molecule has 0 aromatic heterocycles. The Kier molecular flexibility index (Phi) is 5.49. The zero-order valence-corrected chi connectivity index (χ0v) is 13.8. The molecule has 0 saturated carbocycles. The van der Waals surface area contributed by atoms with Crippen LogP contribution in [0.4, 0.5) is 0 Å². The topological polar surface area (TPSA) is 78.5 Å². The molecule has 0 aliphatic rings. The second-order valence-corrected chi connectivity index (χ2v) is 6.94. The van der Waals surface area contributed by atoms with E-state index in [4.69, 9.17) is 0 Å². The Labute approximate surface area is 136 Å². The molecule has 7 heteroatoms. The molecule has 0 saturated heterocycles. The lowest BCUT2D eigenvalue weighted by molar-refractivity contribution is 0.0856. The van der Waals surface area contributed by atoms with Crippen LogP contribution in [0.5, 0.6) is 0 Å². The van der Waals surface area contributed by atoms with Crippen molar-refractivity contribution in [1.29, 1.82) is 0 Å². The number of amides is 1. The molecular weight excluding hydrogens is 314 g/mol. The summed E-state index contributed by atoms with van der Waals surface area (Å²) in [5, 5.41) is 1.50. The molecule has 6 nitrogen and oxygen atoms in total. The Morgan fingerprint density at radius 3 is 2.39 bits per heavy atom. The molecule has 0 aliphatic carbocycles. The van der Waals surface area contributed by atoms with E-state index >= 15 is 0 Å². The van der Waals surface area contributed by atoms with E-state index in [9.17, 15) is 13.2 Å². The number of nitrogens with one attached hydrogen (secondary N) is 2. The molecule has 0 fully saturated rings. The van der Waals surface area contributed by atoms with Gasteiger partial charge in [0.15, 0.2) is 0 Å². The van der Waals surface area contributed by atoms with Crippen molar-refractivity contribution < 1.29 is 13.2 Å². The zero-order chi connectivity index (χ0) is 16.9. The van der Waals surface area contributed by atoms with Crippen LogP contribution in [0.25, 0.3) is 0 Å². The van der Waals surface area contributed by atoms with E-state index in [0.29, 0.717) is 0 Å². The van der Waals surface area contributed by atoms with Gasteiger partial charge >= 0.3 is 0 Å². The highest BCUT2D eigenvalue weighted by molar-refractivity contribution is 7.89. The van der Waals surface area contributed by atoms with E-state index in [1.54, 1.807) is 26.2 Å². The molecule has 0 aliphatic heterocycles. The molecule has 2 aromatic carbocycles. The Bertz CT molecular complexity index is 774. The van der Waals surface area contributed by atoms with Gasteiger partial charge in [-0.25, -0.2) is 18.1 Å². The van der Waals surface area contributed by atoms with Crippen LogP contribution in [0.2, 0.25) is 0 Å². The number of hydrazine groups is 1. The van der Waals surface area contributed by atoms with E-state index in [1.165, 1.54) is 17.1 Å². The number of benzene rings is 2. The highest BCUT2D eigenvalue weighted by Crippen LogP contribution is 2.12. The maximum atomic E-state index is 12.3. The Morgan fingerprint density at radius 1 is 1.04 bits per heavy atom. The summed E-state index contributed by atoms with van der Waals surface area (Å²) in [5.74, 6) is -0.366. The fourth-order valence-corrected chi connectivity index (χ4v) is 2.99. The average Bonchev–Trinajstić information content (AvgIpc) is 2.53. The summed E-state index contributed by atoms with van der Waals surface area (Å²) < 4.78 is 27.2. The van der Waals surface area contributed by atoms with E-state index in [2.05, 4.69) is 10.1 Å². The largest absolute Gasteiger partial charge is 0.285 e. The van der Waals surface area contributed by atoms with Crippen molar-refractivity contribution in [3.05, 3.63) is 65.7 Å². The van der Waals surface area contributed by atoms with Crippen molar-refractivity contribution >= 4 is 15.9 Å². The zero-order valence-electron chi connectivity index (χ0n) is 13.0. The lowest BCUT2D eigenvalue weighted by Crippen LogP contribution is -2.36. The first-order valence-electron chi connectivity index (χ1n) is 7.00. The summed E-state index contributed by atoms with van der Waals surface area (Å²) in [7, 11) is -0.326. The number of carbonyl (C=O) groups excluding carboxylic acids is 1. The molecule has 0 spiro atoms. The number of carbonyl (C=O) groups is 1. The van der Waals surface area contributed by atoms with Crippen LogP contribution in [-0.4, -0.2) is 33.4 Å². The Morgan fingerprint density at radius 2 is 1.74 bits per heavy atom. The van der Waals surface area contributed by atoms with Crippen molar-refractivity contribution in [2.24, 2.45) is 0 Å². The highest BCUT2D eigenvalue weighted by atomic mass is 32.2. The number of hydrogen-bond acceptors (Lipinski definition) is 4. The van der Waals surface area contributed by atoms with Crippen LogP contribution in [0, 0.1) is 0 Å². The molecule has 122 valence electrons. The van der Waals surface area contributed by atoms with Gasteiger partial charge < -0.3 is 0 Å². The first-order valence-corrected chi connectivity index (χ1v) is 8.49. The van der Waals surface area contributed by atoms with Crippen LogP contribution in [0.3, 0.4) is 0 Å². The molecule has 0 unspecified atom stereocenters. The van der Waals surface area contributed by atoms with Crippen molar-refractivity contribution in [2.45, 2.75) is 11.4 Å². The van der Waals surface area contributed by atoms with Crippen LogP contribution >= 0.6 is 0 Å². The van der Waals surface area contributed by atoms with Crippen LogP contribution < -0.4 is 10.1 Å².